The van der Waals surface area contributed by atoms with Gasteiger partial charge in [0.2, 0.25) is 0 Å². The van der Waals surface area contributed by atoms with Crippen LogP contribution in [0.4, 0.5) is 4.39 Å². The molecule has 3 heteroatoms. The van der Waals surface area contributed by atoms with Crippen LogP contribution in [0.15, 0.2) is 48.5 Å². The summed E-state index contributed by atoms with van der Waals surface area (Å²) in [4.78, 5) is 4.72. The molecule has 0 spiro atoms. The van der Waals surface area contributed by atoms with Crippen LogP contribution in [-0.4, -0.2) is 4.98 Å². The largest absolute Gasteiger partial charge is 0.247 e. The number of benzene rings is 2. The molecule has 0 atom stereocenters. The van der Waals surface area contributed by atoms with Crippen LogP contribution < -0.4 is 0 Å². The molecule has 3 rings (SSSR count). The van der Waals surface area contributed by atoms with E-state index in [1.807, 2.05) is 18.2 Å². The quantitative estimate of drug-likeness (QED) is 0.585. The minimum atomic E-state index is -0.233. The average Bonchev–Trinajstić information content (AvgIpc) is 2.46. The standard InChI is InChI=1S/C17H13BrFN/c1-11-4-2-3-5-15(11)17-13(10-18)8-12-9-14(19)6-7-16(12)20-17/h2-9H,10H2,1H3. The number of rotatable bonds is 2. The van der Waals surface area contributed by atoms with Gasteiger partial charge in [0.25, 0.3) is 0 Å². The molecule has 0 bridgehead atoms. The fourth-order valence-electron chi connectivity index (χ4n) is 2.36. The van der Waals surface area contributed by atoms with Gasteiger partial charge in [-0.3, -0.25) is 0 Å². The second-order valence-electron chi connectivity index (χ2n) is 4.78. The van der Waals surface area contributed by atoms with E-state index in [-0.39, 0.29) is 5.82 Å². The summed E-state index contributed by atoms with van der Waals surface area (Å²) in [7, 11) is 0. The lowest BCUT2D eigenvalue weighted by atomic mass is 10.0. The Kier molecular flexibility index (Phi) is 3.53. The first-order valence-corrected chi connectivity index (χ1v) is 7.52. The van der Waals surface area contributed by atoms with Crippen molar-refractivity contribution in [2.75, 3.05) is 0 Å². The zero-order valence-electron chi connectivity index (χ0n) is 11.0. The SMILES string of the molecule is Cc1ccccc1-c1nc2ccc(F)cc2cc1CBr. The molecule has 0 aliphatic heterocycles. The van der Waals surface area contributed by atoms with Gasteiger partial charge in [-0.25, -0.2) is 9.37 Å². The van der Waals surface area contributed by atoms with E-state index in [4.69, 9.17) is 4.98 Å². The second-order valence-corrected chi connectivity index (χ2v) is 5.34. The van der Waals surface area contributed by atoms with Crippen LogP contribution >= 0.6 is 15.9 Å². The minimum Gasteiger partial charge on any atom is -0.247 e. The van der Waals surface area contributed by atoms with Crippen molar-refractivity contribution in [3.8, 4) is 11.3 Å². The number of nitrogens with zero attached hydrogens (tertiary/aromatic N) is 1. The Morgan fingerprint density at radius 3 is 2.65 bits per heavy atom. The lowest BCUT2D eigenvalue weighted by Gasteiger charge is -2.11. The molecule has 0 unspecified atom stereocenters. The first kappa shape index (κ1) is 13.3. The van der Waals surface area contributed by atoms with E-state index in [1.165, 1.54) is 17.7 Å². The molecule has 100 valence electrons. The van der Waals surface area contributed by atoms with Gasteiger partial charge in [-0.05, 0) is 42.3 Å². The third kappa shape index (κ3) is 2.34. The molecule has 1 aromatic heterocycles. The van der Waals surface area contributed by atoms with E-state index in [0.717, 1.165) is 27.7 Å². The second kappa shape index (κ2) is 5.33. The third-order valence-electron chi connectivity index (χ3n) is 3.40. The van der Waals surface area contributed by atoms with E-state index < -0.39 is 0 Å². The third-order valence-corrected chi connectivity index (χ3v) is 4.00. The van der Waals surface area contributed by atoms with Gasteiger partial charge < -0.3 is 0 Å². The van der Waals surface area contributed by atoms with E-state index in [1.54, 1.807) is 6.07 Å². The molecule has 0 saturated carbocycles. The van der Waals surface area contributed by atoms with Gasteiger partial charge in [0.1, 0.15) is 5.82 Å². The van der Waals surface area contributed by atoms with Crippen molar-refractivity contribution in [3.63, 3.8) is 0 Å². The maximum absolute atomic E-state index is 13.3. The summed E-state index contributed by atoms with van der Waals surface area (Å²) < 4.78 is 13.3. The van der Waals surface area contributed by atoms with Crippen LogP contribution in [0.25, 0.3) is 22.2 Å². The number of aryl methyl sites for hydroxylation is 1. The highest BCUT2D eigenvalue weighted by Gasteiger charge is 2.10. The van der Waals surface area contributed by atoms with Crippen molar-refractivity contribution in [3.05, 3.63) is 65.5 Å². The highest BCUT2D eigenvalue weighted by molar-refractivity contribution is 9.08. The molecular formula is C17H13BrFN. The van der Waals surface area contributed by atoms with Crippen molar-refractivity contribution < 1.29 is 4.39 Å². The van der Waals surface area contributed by atoms with Crippen LogP contribution in [0.1, 0.15) is 11.1 Å². The highest BCUT2D eigenvalue weighted by Crippen LogP contribution is 2.29. The van der Waals surface area contributed by atoms with Crippen LogP contribution in [0.3, 0.4) is 0 Å². The smallest absolute Gasteiger partial charge is 0.123 e. The molecule has 0 N–H and O–H groups in total. The molecule has 1 heterocycles. The van der Waals surface area contributed by atoms with Gasteiger partial charge in [-0.15, -0.1) is 0 Å². The summed E-state index contributed by atoms with van der Waals surface area (Å²) in [6.07, 6.45) is 0. The Labute approximate surface area is 125 Å². The van der Waals surface area contributed by atoms with Crippen molar-refractivity contribution in [1.29, 1.82) is 0 Å². The summed E-state index contributed by atoms with van der Waals surface area (Å²) in [6.45, 7) is 2.07. The lowest BCUT2D eigenvalue weighted by molar-refractivity contribution is 0.629. The maximum Gasteiger partial charge on any atom is 0.123 e. The molecule has 20 heavy (non-hydrogen) atoms. The van der Waals surface area contributed by atoms with Crippen LogP contribution in [-0.2, 0) is 5.33 Å². The zero-order valence-corrected chi connectivity index (χ0v) is 12.6. The van der Waals surface area contributed by atoms with Gasteiger partial charge in [0.15, 0.2) is 0 Å². The average molecular weight is 330 g/mol. The first-order chi connectivity index (χ1) is 9.69. The van der Waals surface area contributed by atoms with Crippen molar-refractivity contribution in [1.82, 2.24) is 4.98 Å². The topological polar surface area (TPSA) is 12.9 Å². The minimum absolute atomic E-state index is 0.233. The lowest BCUT2D eigenvalue weighted by Crippen LogP contribution is -1.94. The van der Waals surface area contributed by atoms with Crippen LogP contribution in [0.5, 0.6) is 0 Å². The molecule has 2 aromatic carbocycles. The van der Waals surface area contributed by atoms with E-state index in [9.17, 15) is 4.39 Å². The number of hydrogen-bond acceptors (Lipinski definition) is 1. The Hall–Kier alpha value is -1.74. The van der Waals surface area contributed by atoms with E-state index >= 15 is 0 Å². The molecule has 0 aliphatic rings. The molecule has 1 nitrogen and oxygen atoms in total. The first-order valence-electron chi connectivity index (χ1n) is 6.40. The summed E-state index contributed by atoms with van der Waals surface area (Å²) in [5.41, 5.74) is 5.14. The van der Waals surface area contributed by atoms with Crippen molar-refractivity contribution >= 4 is 26.8 Å². The Morgan fingerprint density at radius 2 is 1.90 bits per heavy atom. The summed E-state index contributed by atoms with van der Waals surface area (Å²) in [5, 5.41) is 1.52. The van der Waals surface area contributed by atoms with Crippen molar-refractivity contribution in [2.45, 2.75) is 12.3 Å². The maximum atomic E-state index is 13.3. The van der Waals surface area contributed by atoms with Gasteiger partial charge >= 0.3 is 0 Å². The number of pyridine rings is 1. The summed E-state index contributed by atoms with van der Waals surface area (Å²) in [6, 6.07) is 14.9. The Balaban J connectivity index is 2.30. The van der Waals surface area contributed by atoms with E-state index in [0.29, 0.717) is 5.33 Å². The Morgan fingerprint density at radius 1 is 1.10 bits per heavy atom. The monoisotopic (exact) mass is 329 g/mol. The molecule has 3 aromatic rings. The van der Waals surface area contributed by atoms with Crippen LogP contribution in [0.2, 0.25) is 0 Å². The number of fused-ring (bicyclic) bond motifs is 1. The van der Waals surface area contributed by atoms with E-state index in [2.05, 4.69) is 35.0 Å². The van der Waals surface area contributed by atoms with Crippen molar-refractivity contribution in [2.24, 2.45) is 0 Å². The summed E-state index contributed by atoms with van der Waals surface area (Å²) in [5.74, 6) is -0.233. The Bertz CT molecular complexity index is 783. The molecule has 0 saturated heterocycles. The molecular weight excluding hydrogens is 317 g/mol. The van der Waals surface area contributed by atoms with Gasteiger partial charge in [-0.2, -0.15) is 0 Å². The summed E-state index contributed by atoms with van der Waals surface area (Å²) >= 11 is 3.50. The molecule has 0 aliphatic carbocycles. The fraction of sp³-hybridized carbons (Fsp3) is 0.118. The number of hydrogen-bond donors (Lipinski definition) is 0. The predicted octanol–water partition coefficient (Wildman–Crippen LogP) is 5.24. The fourth-order valence-corrected chi connectivity index (χ4v) is 2.79. The zero-order chi connectivity index (χ0) is 14.1. The number of halogens is 2. The number of alkyl halides is 1. The molecule has 0 amide bonds. The highest BCUT2D eigenvalue weighted by atomic mass is 79.9. The normalized spacial score (nSPS) is 10.9. The van der Waals surface area contributed by atoms with Gasteiger partial charge in [0.05, 0.1) is 11.2 Å². The molecule has 0 radical (unpaired) electrons. The molecule has 0 fully saturated rings. The van der Waals surface area contributed by atoms with Gasteiger partial charge in [-0.1, -0.05) is 40.2 Å². The van der Waals surface area contributed by atoms with Crippen LogP contribution in [0, 0.1) is 12.7 Å². The number of aromatic nitrogens is 1. The van der Waals surface area contributed by atoms with Gasteiger partial charge in [0, 0.05) is 16.3 Å². The predicted molar refractivity (Wildman–Crippen MR) is 84.5 cm³/mol.